The van der Waals surface area contributed by atoms with Crippen molar-refractivity contribution in [2.24, 2.45) is 0 Å². The lowest BCUT2D eigenvalue weighted by molar-refractivity contribution is 0.715. The van der Waals surface area contributed by atoms with Crippen LogP contribution in [-0.4, -0.2) is 20.6 Å². The molecule has 2 aromatic rings. The lowest BCUT2D eigenvalue weighted by atomic mass is 10.2. The fraction of sp³-hybridized carbons (Fsp3) is 0.500. The van der Waals surface area contributed by atoms with Gasteiger partial charge in [-0.1, -0.05) is 12.8 Å². The summed E-state index contributed by atoms with van der Waals surface area (Å²) in [7, 11) is 0. The van der Waals surface area contributed by atoms with E-state index in [9.17, 15) is 0 Å². The summed E-state index contributed by atoms with van der Waals surface area (Å²) in [6.07, 6.45) is 10.9. The van der Waals surface area contributed by atoms with E-state index in [0.717, 1.165) is 17.5 Å². The van der Waals surface area contributed by atoms with E-state index < -0.39 is 0 Å². The molecule has 0 spiro atoms. The van der Waals surface area contributed by atoms with Crippen LogP contribution >= 0.6 is 11.3 Å². The molecule has 2 aromatic heterocycles. The van der Waals surface area contributed by atoms with Crippen LogP contribution in [-0.2, 0) is 6.54 Å². The quantitative estimate of drug-likeness (QED) is 0.904. The number of aromatic nitrogens is 3. The number of nitrogens with one attached hydrogen (secondary N) is 1. The van der Waals surface area contributed by atoms with Crippen molar-refractivity contribution in [1.29, 1.82) is 0 Å². The molecule has 0 aromatic carbocycles. The van der Waals surface area contributed by atoms with Crippen LogP contribution in [0, 0.1) is 0 Å². The van der Waals surface area contributed by atoms with Crippen molar-refractivity contribution in [1.82, 2.24) is 14.5 Å². The van der Waals surface area contributed by atoms with E-state index in [0.29, 0.717) is 6.04 Å². The molecule has 0 saturated heterocycles. The highest BCUT2D eigenvalue weighted by Crippen LogP contribution is 2.22. The molecule has 3 rings (SSSR count). The summed E-state index contributed by atoms with van der Waals surface area (Å²) in [4.78, 5) is 8.70. The van der Waals surface area contributed by atoms with Gasteiger partial charge in [0.05, 0.1) is 6.54 Å². The Morgan fingerprint density at radius 2 is 2.18 bits per heavy atom. The molecule has 0 amide bonds. The van der Waals surface area contributed by atoms with Crippen LogP contribution in [0.1, 0.15) is 30.7 Å². The van der Waals surface area contributed by atoms with Gasteiger partial charge in [-0.05, 0) is 12.8 Å². The molecule has 1 N–H and O–H groups in total. The van der Waals surface area contributed by atoms with Gasteiger partial charge >= 0.3 is 0 Å². The van der Waals surface area contributed by atoms with Crippen LogP contribution in [0.5, 0.6) is 0 Å². The molecule has 0 atom stereocenters. The van der Waals surface area contributed by atoms with Crippen LogP contribution in [0.2, 0.25) is 0 Å². The fourth-order valence-corrected chi connectivity index (χ4v) is 2.92. The monoisotopic (exact) mass is 248 g/mol. The summed E-state index contributed by atoms with van der Waals surface area (Å²) < 4.78 is 2.14. The van der Waals surface area contributed by atoms with Crippen LogP contribution in [0.15, 0.2) is 24.0 Å². The minimum atomic E-state index is 0.604. The predicted octanol–water partition coefficient (Wildman–Crippen LogP) is 2.74. The molecule has 1 fully saturated rings. The summed E-state index contributed by atoms with van der Waals surface area (Å²) in [6.45, 7) is 0.812. The number of hydrogen-bond donors (Lipinski definition) is 1. The second kappa shape index (κ2) is 4.87. The molecule has 0 aliphatic heterocycles. The average Bonchev–Trinajstić information content (AvgIpc) is 3.04. The topological polar surface area (TPSA) is 42.7 Å². The van der Waals surface area contributed by atoms with Gasteiger partial charge in [-0.25, -0.2) is 9.97 Å². The second-order valence-corrected chi connectivity index (χ2v) is 5.41. The van der Waals surface area contributed by atoms with Gasteiger partial charge in [-0.2, -0.15) is 0 Å². The first-order valence-electron chi connectivity index (χ1n) is 6.08. The van der Waals surface area contributed by atoms with Crippen LogP contribution in [0.4, 0.5) is 5.95 Å². The van der Waals surface area contributed by atoms with Crippen molar-refractivity contribution < 1.29 is 0 Å². The van der Waals surface area contributed by atoms with Crippen molar-refractivity contribution >= 4 is 17.3 Å². The minimum absolute atomic E-state index is 0.604. The van der Waals surface area contributed by atoms with Gasteiger partial charge in [0, 0.05) is 30.0 Å². The summed E-state index contributed by atoms with van der Waals surface area (Å²) in [5, 5.41) is 6.66. The number of rotatable bonds is 4. The van der Waals surface area contributed by atoms with E-state index in [1.807, 2.05) is 24.0 Å². The van der Waals surface area contributed by atoms with Gasteiger partial charge in [0.15, 0.2) is 0 Å². The Hall–Kier alpha value is -1.36. The number of nitrogens with zero attached hydrogens (tertiary/aromatic N) is 3. The molecule has 1 aliphatic carbocycles. The third-order valence-corrected chi connectivity index (χ3v) is 3.96. The fourth-order valence-electron chi connectivity index (χ4n) is 2.31. The summed E-state index contributed by atoms with van der Waals surface area (Å²) in [5.74, 6) is 0.979. The van der Waals surface area contributed by atoms with Crippen LogP contribution in [0.25, 0.3) is 0 Å². The highest BCUT2D eigenvalue weighted by Gasteiger charge is 2.16. The third-order valence-electron chi connectivity index (χ3n) is 3.19. The zero-order chi connectivity index (χ0) is 11.5. The predicted molar refractivity (Wildman–Crippen MR) is 69.3 cm³/mol. The third kappa shape index (κ3) is 2.49. The Labute approximate surface area is 105 Å². The normalized spacial score (nSPS) is 16.5. The highest BCUT2D eigenvalue weighted by molar-refractivity contribution is 7.09. The molecule has 90 valence electrons. The molecule has 17 heavy (non-hydrogen) atoms. The van der Waals surface area contributed by atoms with E-state index in [4.69, 9.17) is 0 Å². The second-order valence-electron chi connectivity index (χ2n) is 4.43. The maximum absolute atomic E-state index is 4.39. The molecule has 1 saturated carbocycles. The Morgan fingerprint density at radius 1 is 1.29 bits per heavy atom. The van der Waals surface area contributed by atoms with E-state index in [1.165, 1.54) is 25.7 Å². The Kier molecular flexibility index (Phi) is 3.09. The zero-order valence-corrected chi connectivity index (χ0v) is 10.5. The first-order chi connectivity index (χ1) is 8.42. The number of thiazole rings is 1. The van der Waals surface area contributed by atoms with Crippen molar-refractivity contribution in [3.05, 3.63) is 29.0 Å². The van der Waals surface area contributed by atoms with Crippen molar-refractivity contribution in [3.8, 4) is 0 Å². The van der Waals surface area contributed by atoms with E-state index >= 15 is 0 Å². The maximum Gasteiger partial charge on any atom is 0.203 e. The smallest absolute Gasteiger partial charge is 0.203 e. The lowest BCUT2D eigenvalue weighted by Gasteiger charge is -2.13. The minimum Gasteiger partial charge on any atom is -0.353 e. The molecule has 0 radical (unpaired) electrons. The summed E-state index contributed by atoms with van der Waals surface area (Å²) >= 11 is 1.69. The molecular formula is C12H16N4S. The van der Waals surface area contributed by atoms with E-state index in [1.54, 1.807) is 11.3 Å². The Balaban J connectivity index is 1.70. The summed E-state index contributed by atoms with van der Waals surface area (Å²) in [6, 6.07) is 0.604. The first kappa shape index (κ1) is 10.8. The molecular weight excluding hydrogens is 232 g/mol. The zero-order valence-electron chi connectivity index (χ0n) is 9.67. The SMILES string of the molecule is c1csc(Cn2ccnc2NC2CCCC2)n1. The molecule has 4 nitrogen and oxygen atoms in total. The number of imidazole rings is 1. The van der Waals surface area contributed by atoms with Crippen LogP contribution < -0.4 is 5.32 Å². The van der Waals surface area contributed by atoms with Crippen molar-refractivity contribution in [2.75, 3.05) is 5.32 Å². The largest absolute Gasteiger partial charge is 0.353 e. The number of anilines is 1. The van der Waals surface area contributed by atoms with Gasteiger partial charge in [0.2, 0.25) is 5.95 Å². The van der Waals surface area contributed by atoms with Gasteiger partial charge < -0.3 is 9.88 Å². The number of hydrogen-bond acceptors (Lipinski definition) is 4. The van der Waals surface area contributed by atoms with Crippen molar-refractivity contribution in [3.63, 3.8) is 0 Å². The molecule has 0 bridgehead atoms. The van der Waals surface area contributed by atoms with Gasteiger partial charge in [0.1, 0.15) is 5.01 Å². The first-order valence-corrected chi connectivity index (χ1v) is 6.96. The van der Waals surface area contributed by atoms with E-state index in [-0.39, 0.29) is 0 Å². The van der Waals surface area contributed by atoms with Gasteiger partial charge in [0.25, 0.3) is 0 Å². The Bertz CT molecular complexity index is 457. The maximum atomic E-state index is 4.39. The van der Waals surface area contributed by atoms with Gasteiger partial charge in [-0.3, -0.25) is 0 Å². The standard InChI is InChI=1S/C12H16N4S/c1-2-4-10(3-1)15-12-14-5-7-16(12)9-11-13-6-8-17-11/h5-8,10H,1-4,9H2,(H,14,15). The molecule has 5 heteroatoms. The Morgan fingerprint density at radius 3 is 2.94 bits per heavy atom. The average molecular weight is 248 g/mol. The molecule has 1 aliphatic rings. The van der Waals surface area contributed by atoms with E-state index in [2.05, 4.69) is 19.9 Å². The summed E-state index contributed by atoms with van der Waals surface area (Å²) in [5.41, 5.74) is 0. The molecule has 0 unspecified atom stereocenters. The lowest BCUT2D eigenvalue weighted by Crippen LogP contribution is -2.18. The van der Waals surface area contributed by atoms with Gasteiger partial charge in [-0.15, -0.1) is 11.3 Å². The van der Waals surface area contributed by atoms with Crippen LogP contribution in [0.3, 0.4) is 0 Å². The highest BCUT2D eigenvalue weighted by atomic mass is 32.1. The van der Waals surface area contributed by atoms with Crippen molar-refractivity contribution in [2.45, 2.75) is 38.3 Å². The molecule has 2 heterocycles.